The van der Waals surface area contributed by atoms with E-state index in [9.17, 15) is 9.59 Å². The Morgan fingerprint density at radius 1 is 1.20 bits per heavy atom. The van der Waals surface area contributed by atoms with Crippen LogP contribution in [0, 0.1) is 0 Å². The van der Waals surface area contributed by atoms with Crippen LogP contribution in [0.3, 0.4) is 0 Å². The average molecular weight is 357 g/mol. The summed E-state index contributed by atoms with van der Waals surface area (Å²) in [6.45, 7) is 0.159. The summed E-state index contributed by atoms with van der Waals surface area (Å²) in [5, 5.41) is 11.5. The number of carbonyl (C=O) groups is 1. The van der Waals surface area contributed by atoms with Crippen LogP contribution in [0.4, 0.5) is 4.79 Å². The van der Waals surface area contributed by atoms with E-state index in [1.807, 2.05) is 0 Å². The summed E-state index contributed by atoms with van der Waals surface area (Å²) in [6.07, 6.45) is 0.380. The lowest BCUT2D eigenvalue weighted by atomic mass is 10.1. The maximum absolute atomic E-state index is 12.0. The van der Waals surface area contributed by atoms with Crippen molar-refractivity contribution in [2.45, 2.75) is 6.54 Å². The molecule has 1 amide bonds. The molecule has 2 heterocycles. The van der Waals surface area contributed by atoms with Crippen LogP contribution in [0.5, 0.6) is 0 Å². The first-order valence-corrected chi connectivity index (χ1v) is 7.68. The number of carboxylic acid groups (broad SMARTS) is 1. The lowest BCUT2D eigenvalue weighted by Crippen LogP contribution is -2.19. The van der Waals surface area contributed by atoms with E-state index in [-0.39, 0.29) is 12.1 Å². The average Bonchev–Trinajstić information content (AvgIpc) is 2.60. The van der Waals surface area contributed by atoms with Gasteiger partial charge in [-0.05, 0) is 23.8 Å². The summed E-state index contributed by atoms with van der Waals surface area (Å²) in [5.41, 5.74) is 2.05. The van der Waals surface area contributed by atoms with Gasteiger partial charge in [-0.25, -0.2) is 9.78 Å². The van der Waals surface area contributed by atoms with E-state index in [4.69, 9.17) is 16.7 Å². The Labute approximate surface area is 147 Å². The minimum absolute atomic E-state index is 0.159. The molecule has 1 aromatic carbocycles. The number of hydrogen-bond acceptors (Lipinski definition) is 4. The van der Waals surface area contributed by atoms with Gasteiger partial charge in [0.1, 0.15) is 5.82 Å². The molecule has 0 atom stereocenters. The van der Waals surface area contributed by atoms with Crippen molar-refractivity contribution in [3.05, 3.63) is 69.6 Å². The van der Waals surface area contributed by atoms with Gasteiger partial charge in [0.05, 0.1) is 16.4 Å². The van der Waals surface area contributed by atoms with E-state index in [1.165, 1.54) is 12.3 Å². The Morgan fingerprint density at radius 2 is 2.04 bits per heavy atom. The topological polar surface area (TPSA) is 108 Å². The van der Waals surface area contributed by atoms with Crippen LogP contribution < -0.4 is 10.9 Å². The molecule has 0 aliphatic rings. The molecule has 0 radical (unpaired) electrons. The van der Waals surface area contributed by atoms with E-state index in [2.05, 4.69) is 20.3 Å². The maximum Gasteiger partial charge on any atom is 0.404 e. The van der Waals surface area contributed by atoms with Crippen LogP contribution in [-0.2, 0) is 6.54 Å². The van der Waals surface area contributed by atoms with Gasteiger partial charge in [0.15, 0.2) is 0 Å². The molecular formula is C17H13ClN4O3. The fourth-order valence-corrected chi connectivity index (χ4v) is 2.37. The number of H-pyrrole nitrogens is 1. The Bertz CT molecular complexity index is 970. The predicted octanol–water partition coefficient (Wildman–Crippen LogP) is 2.92. The van der Waals surface area contributed by atoms with Crippen LogP contribution in [0.25, 0.3) is 22.8 Å². The van der Waals surface area contributed by atoms with Crippen molar-refractivity contribution in [2.24, 2.45) is 0 Å². The van der Waals surface area contributed by atoms with Crippen LogP contribution in [0.1, 0.15) is 5.56 Å². The van der Waals surface area contributed by atoms with Gasteiger partial charge in [0.2, 0.25) is 0 Å². The van der Waals surface area contributed by atoms with Crippen LogP contribution in [0.2, 0.25) is 5.02 Å². The molecule has 8 heteroatoms. The monoisotopic (exact) mass is 356 g/mol. The van der Waals surface area contributed by atoms with Crippen molar-refractivity contribution in [2.75, 3.05) is 0 Å². The molecule has 3 aromatic rings. The molecule has 3 rings (SSSR count). The Hall–Kier alpha value is -3.19. The van der Waals surface area contributed by atoms with E-state index in [1.54, 1.807) is 36.4 Å². The predicted molar refractivity (Wildman–Crippen MR) is 93.4 cm³/mol. The highest BCUT2D eigenvalue weighted by atomic mass is 35.5. The lowest BCUT2D eigenvalue weighted by molar-refractivity contribution is 0.194. The van der Waals surface area contributed by atoms with Gasteiger partial charge in [-0.2, -0.15) is 0 Å². The molecule has 126 valence electrons. The molecule has 0 saturated carbocycles. The molecule has 0 aliphatic carbocycles. The van der Waals surface area contributed by atoms with E-state index in [0.29, 0.717) is 27.8 Å². The first-order chi connectivity index (χ1) is 12.0. The molecule has 0 unspecified atom stereocenters. The second-order valence-corrected chi connectivity index (χ2v) is 5.64. The molecular weight excluding hydrogens is 344 g/mol. The number of aromatic amines is 1. The molecule has 7 nitrogen and oxygen atoms in total. The molecule has 0 aliphatic heterocycles. The number of rotatable bonds is 4. The van der Waals surface area contributed by atoms with Crippen LogP contribution in [0.15, 0.2) is 53.5 Å². The molecule has 0 saturated heterocycles. The van der Waals surface area contributed by atoms with Gasteiger partial charge in [-0.1, -0.05) is 29.8 Å². The van der Waals surface area contributed by atoms with Gasteiger partial charge >= 0.3 is 6.09 Å². The van der Waals surface area contributed by atoms with Crippen molar-refractivity contribution in [1.82, 2.24) is 20.3 Å². The van der Waals surface area contributed by atoms with Crippen molar-refractivity contribution in [1.29, 1.82) is 0 Å². The van der Waals surface area contributed by atoms with Crippen LogP contribution in [-0.4, -0.2) is 26.2 Å². The normalized spacial score (nSPS) is 10.4. The second-order valence-electron chi connectivity index (χ2n) is 5.20. The number of benzene rings is 1. The molecule has 2 aromatic heterocycles. The Kier molecular flexibility index (Phi) is 4.76. The lowest BCUT2D eigenvalue weighted by Gasteiger charge is -2.07. The van der Waals surface area contributed by atoms with E-state index >= 15 is 0 Å². The Balaban J connectivity index is 1.97. The highest BCUT2D eigenvalue weighted by Crippen LogP contribution is 2.20. The van der Waals surface area contributed by atoms with Crippen molar-refractivity contribution in [3.8, 4) is 22.8 Å². The maximum atomic E-state index is 12.0. The van der Waals surface area contributed by atoms with Gasteiger partial charge in [-0.3, -0.25) is 9.78 Å². The molecule has 0 fully saturated rings. The molecule has 0 spiro atoms. The van der Waals surface area contributed by atoms with Gasteiger partial charge in [0.25, 0.3) is 5.56 Å². The summed E-state index contributed by atoms with van der Waals surface area (Å²) < 4.78 is 0. The zero-order valence-corrected chi connectivity index (χ0v) is 13.6. The fraction of sp³-hybridized carbons (Fsp3) is 0.0588. The number of pyridine rings is 1. The standard InChI is InChI=1S/C17H13ClN4O3/c18-12-4-5-13(19-9-12)14-7-15(23)22-16(21-14)11-3-1-2-10(6-11)8-20-17(24)25/h1-7,9,20H,8H2,(H,24,25)(H,21,22,23). The molecule has 0 bridgehead atoms. The van der Waals surface area contributed by atoms with Crippen molar-refractivity contribution in [3.63, 3.8) is 0 Å². The van der Waals surface area contributed by atoms with Crippen molar-refractivity contribution < 1.29 is 9.90 Å². The zero-order valence-electron chi connectivity index (χ0n) is 12.9. The molecule has 3 N–H and O–H groups in total. The summed E-state index contributed by atoms with van der Waals surface area (Å²) in [4.78, 5) is 33.9. The highest BCUT2D eigenvalue weighted by Gasteiger charge is 2.08. The fourth-order valence-electron chi connectivity index (χ4n) is 2.26. The number of halogens is 1. The highest BCUT2D eigenvalue weighted by molar-refractivity contribution is 6.30. The number of nitrogens with zero attached hydrogens (tertiary/aromatic N) is 2. The zero-order chi connectivity index (χ0) is 17.8. The SMILES string of the molecule is O=C(O)NCc1cccc(-c2nc(-c3ccc(Cl)cn3)cc(=O)[nH]2)c1. The third-order valence-electron chi connectivity index (χ3n) is 3.38. The third kappa shape index (κ3) is 4.21. The van der Waals surface area contributed by atoms with Gasteiger partial charge < -0.3 is 15.4 Å². The summed E-state index contributed by atoms with van der Waals surface area (Å²) in [6, 6.07) is 11.8. The number of hydrogen-bond donors (Lipinski definition) is 3. The third-order valence-corrected chi connectivity index (χ3v) is 3.60. The number of amides is 1. The Morgan fingerprint density at radius 3 is 2.76 bits per heavy atom. The number of aromatic nitrogens is 3. The smallest absolute Gasteiger partial charge is 0.404 e. The van der Waals surface area contributed by atoms with Crippen LogP contribution >= 0.6 is 11.6 Å². The summed E-state index contributed by atoms with van der Waals surface area (Å²) in [7, 11) is 0. The van der Waals surface area contributed by atoms with Gasteiger partial charge in [0, 0.05) is 24.4 Å². The van der Waals surface area contributed by atoms with Gasteiger partial charge in [-0.15, -0.1) is 0 Å². The minimum Gasteiger partial charge on any atom is -0.465 e. The second kappa shape index (κ2) is 7.14. The van der Waals surface area contributed by atoms with E-state index < -0.39 is 6.09 Å². The van der Waals surface area contributed by atoms with E-state index in [0.717, 1.165) is 5.56 Å². The molecule has 25 heavy (non-hydrogen) atoms. The number of nitrogens with one attached hydrogen (secondary N) is 2. The quantitative estimate of drug-likeness (QED) is 0.666. The first-order valence-electron chi connectivity index (χ1n) is 7.31. The summed E-state index contributed by atoms with van der Waals surface area (Å²) in [5.74, 6) is 0.372. The van der Waals surface area contributed by atoms with Crippen molar-refractivity contribution >= 4 is 17.7 Å². The minimum atomic E-state index is -1.10. The largest absolute Gasteiger partial charge is 0.465 e. The summed E-state index contributed by atoms with van der Waals surface area (Å²) >= 11 is 5.83. The first kappa shape index (κ1) is 16.7.